The van der Waals surface area contributed by atoms with E-state index in [9.17, 15) is 14.0 Å². The van der Waals surface area contributed by atoms with Crippen LogP contribution in [0.25, 0.3) is 6.08 Å². The van der Waals surface area contributed by atoms with Gasteiger partial charge in [-0.15, -0.1) is 0 Å². The molecule has 2 saturated heterocycles. The van der Waals surface area contributed by atoms with Gasteiger partial charge in [0.2, 0.25) is 0 Å². The molecule has 7 heteroatoms. The highest BCUT2D eigenvalue weighted by Crippen LogP contribution is 2.29. The maximum Gasteiger partial charge on any atom is 0.419 e. The first-order valence-electron chi connectivity index (χ1n) is 5.91. The molecule has 2 amide bonds. The highest BCUT2D eigenvalue weighted by atomic mass is 19.1. The van der Waals surface area contributed by atoms with Gasteiger partial charge < -0.3 is 14.2 Å². The Morgan fingerprint density at radius 2 is 2.00 bits per heavy atom. The van der Waals surface area contributed by atoms with E-state index in [4.69, 9.17) is 9.47 Å². The molecule has 0 bridgehead atoms. The number of cyclic esters (lactones) is 1. The molecule has 104 valence electrons. The third-order valence-corrected chi connectivity index (χ3v) is 2.88. The molecule has 2 aliphatic rings. The lowest BCUT2D eigenvalue weighted by Crippen LogP contribution is -2.18. The molecule has 0 atom stereocenters. The zero-order valence-corrected chi connectivity index (χ0v) is 10.2. The molecular formula is C13H10FNO5. The summed E-state index contributed by atoms with van der Waals surface area (Å²) in [5, 5.41) is 1.94. The van der Waals surface area contributed by atoms with Crippen LogP contribution in [0, 0.1) is 5.82 Å². The summed E-state index contributed by atoms with van der Waals surface area (Å²) in [6.45, 7) is 0.819. The molecule has 3 rings (SSSR count). The first kappa shape index (κ1) is 12.8. The van der Waals surface area contributed by atoms with E-state index in [-0.39, 0.29) is 11.3 Å². The minimum absolute atomic E-state index is 0.0965. The number of carbonyl (C=O) groups excluding carboxylic acids is 2. The van der Waals surface area contributed by atoms with Crippen LogP contribution in [0.2, 0.25) is 0 Å². The molecule has 0 spiro atoms. The van der Waals surface area contributed by atoms with Crippen LogP contribution in [-0.2, 0) is 19.0 Å². The predicted octanol–water partition coefficient (Wildman–Crippen LogP) is 1.48. The Labute approximate surface area is 113 Å². The summed E-state index contributed by atoms with van der Waals surface area (Å²) < 4.78 is 29.3. The summed E-state index contributed by atoms with van der Waals surface area (Å²) in [6, 6.07) is 4.37. The van der Waals surface area contributed by atoms with Crippen LogP contribution < -0.4 is 5.32 Å². The van der Waals surface area contributed by atoms with Gasteiger partial charge in [-0.1, -0.05) is 12.1 Å². The number of hydrogen-bond acceptors (Lipinski definition) is 5. The summed E-state index contributed by atoms with van der Waals surface area (Å²) in [6.07, 6.45) is -0.416. The van der Waals surface area contributed by atoms with Crippen molar-refractivity contribution >= 4 is 18.1 Å². The van der Waals surface area contributed by atoms with E-state index in [0.717, 1.165) is 6.08 Å². The van der Waals surface area contributed by atoms with Crippen LogP contribution in [-0.4, -0.2) is 25.2 Å². The monoisotopic (exact) mass is 279 g/mol. The molecule has 0 radical (unpaired) electrons. The Balaban J connectivity index is 2.02. The second-order valence-electron chi connectivity index (χ2n) is 4.17. The average molecular weight is 279 g/mol. The van der Waals surface area contributed by atoms with Crippen molar-refractivity contribution in [2.24, 2.45) is 0 Å². The number of halogens is 1. The molecule has 1 aromatic rings. The van der Waals surface area contributed by atoms with Crippen molar-refractivity contribution in [2.75, 3.05) is 13.2 Å². The van der Waals surface area contributed by atoms with E-state index >= 15 is 0 Å². The number of ether oxygens (including phenoxy) is 3. The first-order valence-corrected chi connectivity index (χ1v) is 5.91. The van der Waals surface area contributed by atoms with Crippen molar-refractivity contribution in [3.8, 4) is 0 Å². The van der Waals surface area contributed by atoms with Crippen LogP contribution in [0.1, 0.15) is 17.4 Å². The van der Waals surface area contributed by atoms with Gasteiger partial charge in [-0.2, -0.15) is 0 Å². The van der Waals surface area contributed by atoms with Gasteiger partial charge in [-0.3, -0.25) is 10.1 Å². The normalized spacial score (nSPS) is 21.4. The first-order chi connectivity index (χ1) is 9.65. The Hall–Kier alpha value is -2.25. The van der Waals surface area contributed by atoms with E-state index < -0.39 is 24.1 Å². The van der Waals surface area contributed by atoms with Crippen molar-refractivity contribution in [3.05, 3.63) is 40.9 Å². The lowest BCUT2D eigenvalue weighted by molar-refractivity contribution is -0.116. The minimum atomic E-state index is -0.882. The van der Waals surface area contributed by atoms with Gasteiger partial charge in [0, 0.05) is 11.1 Å². The van der Waals surface area contributed by atoms with Crippen molar-refractivity contribution in [1.82, 2.24) is 5.32 Å². The Kier molecular flexibility index (Phi) is 3.21. The second kappa shape index (κ2) is 5.03. The van der Waals surface area contributed by atoms with Gasteiger partial charge in [0.15, 0.2) is 12.0 Å². The molecule has 0 aliphatic carbocycles. The molecular weight excluding hydrogens is 269 g/mol. The van der Waals surface area contributed by atoms with E-state index in [1.54, 1.807) is 6.07 Å². The summed E-state index contributed by atoms with van der Waals surface area (Å²) in [7, 11) is 0. The van der Waals surface area contributed by atoms with E-state index in [2.05, 4.69) is 4.74 Å². The number of imide groups is 1. The van der Waals surface area contributed by atoms with Crippen molar-refractivity contribution in [1.29, 1.82) is 0 Å². The minimum Gasteiger partial charge on any atom is -0.404 e. The highest BCUT2D eigenvalue weighted by molar-refractivity contribution is 6.09. The smallest absolute Gasteiger partial charge is 0.404 e. The molecule has 2 aliphatic heterocycles. The van der Waals surface area contributed by atoms with Gasteiger partial charge >= 0.3 is 6.09 Å². The number of amides is 2. The van der Waals surface area contributed by atoms with Crippen LogP contribution in [0.4, 0.5) is 9.18 Å². The number of hydrogen-bond donors (Lipinski definition) is 1. The predicted molar refractivity (Wildman–Crippen MR) is 63.6 cm³/mol. The van der Waals surface area contributed by atoms with E-state index in [1.165, 1.54) is 12.1 Å². The molecule has 20 heavy (non-hydrogen) atoms. The quantitative estimate of drug-likeness (QED) is 0.830. The lowest BCUT2D eigenvalue weighted by atomic mass is 10.1. The number of nitrogens with one attached hydrogen (secondary N) is 1. The molecule has 0 aromatic heterocycles. The maximum absolute atomic E-state index is 14.0. The summed E-state index contributed by atoms with van der Waals surface area (Å²) in [5.41, 5.74) is 0.532. The van der Waals surface area contributed by atoms with Gasteiger partial charge in [-0.25, -0.2) is 9.18 Å². The van der Waals surface area contributed by atoms with E-state index in [1.807, 2.05) is 5.32 Å². The van der Waals surface area contributed by atoms with Crippen LogP contribution in [0.5, 0.6) is 0 Å². The molecule has 1 N–H and O–H groups in total. The summed E-state index contributed by atoms with van der Waals surface area (Å²) >= 11 is 0. The fourth-order valence-electron chi connectivity index (χ4n) is 2.00. The van der Waals surface area contributed by atoms with Crippen molar-refractivity contribution in [2.45, 2.75) is 6.29 Å². The maximum atomic E-state index is 14.0. The lowest BCUT2D eigenvalue weighted by Gasteiger charge is -2.13. The molecule has 0 saturated carbocycles. The Morgan fingerprint density at radius 1 is 1.25 bits per heavy atom. The fraction of sp³-hybridized carbons (Fsp3) is 0.231. The number of alkyl carbamates (subject to hydrolysis) is 1. The fourth-order valence-corrected chi connectivity index (χ4v) is 2.00. The molecule has 6 nitrogen and oxygen atoms in total. The Morgan fingerprint density at radius 3 is 2.65 bits per heavy atom. The number of benzene rings is 1. The van der Waals surface area contributed by atoms with Crippen LogP contribution in [0.15, 0.2) is 24.0 Å². The third kappa shape index (κ3) is 2.28. The topological polar surface area (TPSA) is 73.9 Å². The molecule has 0 unspecified atom stereocenters. The molecule has 2 fully saturated rings. The highest BCUT2D eigenvalue weighted by Gasteiger charge is 2.28. The SMILES string of the molecule is O=C1NC(=O)/C(=C\c2c(F)cccc2C2OCCO2)O1. The van der Waals surface area contributed by atoms with Crippen LogP contribution in [0.3, 0.4) is 0 Å². The largest absolute Gasteiger partial charge is 0.419 e. The second-order valence-corrected chi connectivity index (χ2v) is 4.17. The number of rotatable bonds is 2. The standard InChI is InChI=1S/C13H10FNO5/c14-9-3-1-2-7(12-18-4-5-19-12)8(9)6-10-11(16)15-13(17)20-10/h1-3,6,12H,4-5H2,(H,15,16,17)/b10-6+. The molecule has 2 heterocycles. The van der Waals surface area contributed by atoms with Gasteiger partial charge in [0.25, 0.3) is 5.91 Å². The van der Waals surface area contributed by atoms with Gasteiger partial charge in [0.1, 0.15) is 5.82 Å². The third-order valence-electron chi connectivity index (χ3n) is 2.88. The summed E-state index contributed by atoms with van der Waals surface area (Å²) in [4.78, 5) is 22.4. The number of carbonyl (C=O) groups is 2. The van der Waals surface area contributed by atoms with Crippen molar-refractivity contribution < 1.29 is 28.2 Å². The summed E-state index contributed by atoms with van der Waals surface area (Å²) in [5.74, 6) is -1.54. The molecule has 1 aromatic carbocycles. The Bertz CT molecular complexity index is 607. The van der Waals surface area contributed by atoms with Gasteiger partial charge in [0.05, 0.1) is 13.2 Å². The van der Waals surface area contributed by atoms with Gasteiger partial charge in [-0.05, 0) is 12.1 Å². The zero-order valence-electron chi connectivity index (χ0n) is 10.2. The van der Waals surface area contributed by atoms with E-state index in [0.29, 0.717) is 18.8 Å². The zero-order chi connectivity index (χ0) is 14.1. The van der Waals surface area contributed by atoms with Crippen molar-refractivity contribution in [3.63, 3.8) is 0 Å². The van der Waals surface area contributed by atoms with Crippen LogP contribution >= 0.6 is 0 Å². The average Bonchev–Trinajstić information content (AvgIpc) is 3.02.